The van der Waals surface area contributed by atoms with Gasteiger partial charge in [-0.15, -0.1) is 22.7 Å². The molecule has 0 bridgehead atoms. The van der Waals surface area contributed by atoms with Crippen LogP contribution in [0.1, 0.15) is 15.2 Å². The van der Waals surface area contributed by atoms with Gasteiger partial charge in [-0.1, -0.05) is 6.07 Å². The Morgan fingerprint density at radius 3 is 2.62 bits per heavy atom. The molecule has 0 radical (unpaired) electrons. The van der Waals surface area contributed by atoms with E-state index in [2.05, 4.69) is 20.6 Å². The third-order valence-corrected chi connectivity index (χ3v) is 5.30. The Labute approximate surface area is 154 Å². The molecule has 3 aromatic rings. The summed E-state index contributed by atoms with van der Waals surface area (Å²) in [6, 6.07) is 6.06. The zero-order chi connectivity index (χ0) is 18.6. The van der Waals surface area contributed by atoms with Gasteiger partial charge in [0, 0.05) is 19.3 Å². The molecule has 3 heterocycles. The fraction of sp³-hybridized carbons (Fsp3) is 0.188. The number of nitrogens with zero attached hydrogens (tertiary/aromatic N) is 2. The van der Waals surface area contributed by atoms with Crippen molar-refractivity contribution in [2.24, 2.45) is 0 Å². The maximum atomic E-state index is 12.5. The highest BCUT2D eigenvalue weighted by molar-refractivity contribution is 7.21. The average molecular weight is 398 g/mol. The minimum Gasteiger partial charge on any atom is -0.368 e. The molecule has 0 aliphatic carbocycles. The lowest BCUT2D eigenvalue weighted by atomic mass is 10.3. The molecule has 0 unspecified atom stereocenters. The normalized spacial score (nSPS) is 11.3. The van der Waals surface area contributed by atoms with Gasteiger partial charge in [0.1, 0.15) is 15.7 Å². The summed E-state index contributed by atoms with van der Waals surface area (Å²) in [5, 5.41) is 8.31. The summed E-state index contributed by atoms with van der Waals surface area (Å²) in [5.41, 5.74) is -0.803. The van der Waals surface area contributed by atoms with Crippen molar-refractivity contribution < 1.29 is 18.0 Å². The van der Waals surface area contributed by atoms with Gasteiger partial charge in [0.2, 0.25) is 0 Å². The molecule has 0 aliphatic rings. The topological polar surface area (TPSA) is 66.9 Å². The number of anilines is 1. The molecule has 10 heteroatoms. The Kier molecular flexibility index (Phi) is 5.52. The van der Waals surface area contributed by atoms with E-state index in [1.807, 2.05) is 17.5 Å². The van der Waals surface area contributed by atoms with Gasteiger partial charge in [0.05, 0.1) is 16.6 Å². The van der Waals surface area contributed by atoms with E-state index < -0.39 is 11.7 Å². The minimum atomic E-state index is -4.41. The molecule has 0 fully saturated rings. The smallest absolute Gasteiger partial charge is 0.368 e. The highest BCUT2D eigenvalue weighted by Crippen LogP contribution is 2.29. The number of nitrogens with one attached hydrogen (secondary N) is 2. The highest BCUT2D eigenvalue weighted by Gasteiger charge is 2.30. The van der Waals surface area contributed by atoms with Crippen molar-refractivity contribution in [2.75, 3.05) is 18.4 Å². The molecule has 0 saturated heterocycles. The number of hydrogen-bond acceptors (Lipinski definition) is 6. The van der Waals surface area contributed by atoms with Crippen molar-refractivity contribution in [2.45, 2.75) is 6.18 Å². The van der Waals surface area contributed by atoms with E-state index in [9.17, 15) is 18.0 Å². The Morgan fingerprint density at radius 1 is 1.12 bits per heavy atom. The number of aromatic nitrogens is 2. The van der Waals surface area contributed by atoms with Crippen LogP contribution in [-0.2, 0) is 6.18 Å². The summed E-state index contributed by atoms with van der Waals surface area (Å²) >= 11 is 2.86. The van der Waals surface area contributed by atoms with Crippen molar-refractivity contribution in [1.82, 2.24) is 15.3 Å². The monoisotopic (exact) mass is 398 g/mol. The summed E-state index contributed by atoms with van der Waals surface area (Å²) in [6.45, 7) is 0.633. The molecule has 136 valence electrons. The van der Waals surface area contributed by atoms with Crippen LogP contribution in [0.5, 0.6) is 0 Å². The average Bonchev–Trinajstić information content (AvgIpc) is 3.29. The van der Waals surface area contributed by atoms with Crippen LogP contribution < -0.4 is 10.6 Å². The summed E-state index contributed by atoms with van der Waals surface area (Å²) in [4.78, 5) is 21.5. The Bertz CT molecular complexity index is 861. The molecule has 0 atom stereocenters. The molecule has 26 heavy (non-hydrogen) atoms. The molecule has 2 N–H and O–H groups in total. The number of halogens is 3. The van der Waals surface area contributed by atoms with Gasteiger partial charge >= 0.3 is 6.18 Å². The van der Waals surface area contributed by atoms with E-state index in [0.29, 0.717) is 23.8 Å². The number of carbonyl (C=O) groups is 1. The lowest BCUT2D eigenvalue weighted by Gasteiger charge is -2.09. The molecule has 0 spiro atoms. The number of pyridine rings is 1. The van der Waals surface area contributed by atoms with Crippen molar-refractivity contribution in [3.8, 4) is 9.88 Å². The Balaban J connectivity index is 1.45. The molecule has 3 rings (SSSR count). The maximum absolute atomic E-state index is 12.5. The predicted octanol–water partition coefficient (Wildman–Crippen LogP) is 4.13. The Hall–Kier alpha value is -2.46. The van der Waals surface area contributed by atoms with Crippen molar-refractivity contribution in [1.29, 1.82) is 0 Å². The first-order chi connectivity index (χ1) is 12.4. The number of hydrogen-bond donors (Lipinski definition) is 2. The fourth-order valence-corrected chi connectivity index (χ4v) is 3.65. The summed E-state index contributed by atoms with van der Waals surface area (Å²) in [6.07, 6.45) is -2.11. The number of carbonyl (C=O) groups excluding carboxylic acids is 1. The minimum absolute atomic E-state index is 0.243. The van der Waals surface area contributed by atoms with E-state index in [0.717, 1.165) is 22.1 Å². The number of alkyl halides is 3. The number of thiophene rings is 1. The lowest BCUT2D eigenvalue weighted by Crippen LogP contribution is -2.28. The second kappa shape index (κ2) is 7.83. The first-order valence-electron chi connectivity index (χ1n) is 7.48. The largest absolute Gasteiger partial charge is 0.417 e. The van der Waals surface area contributed by atoms with Crippen molar-refractivity contribution in [3.05, 3.63) is 52.5 Å². The molecular formula is C16H13F3N4OS2. The van der Waals surface area contributed by atoms with E-state index in [1.165, 1.54) is 23.6 Å². The van der Waals surface area contributed by atoms with Crippen LogP contribution >= 0.6 is 22.7 Å². The summed E-state index contributed by atoms with van der Waals surface area (Å²) in [7, 11) is 0. The molecular weight excluding hydrogens is 385 g/mol. The molecule has 0 aromatic carbocycles. The van der Waals surface area contributed by atoms with Crippen molar-refractivity contribution >= 4 is 34.4 Å². The maximum Gasteiger partial charge on any atom is 0.417 e. The molecule has 0 aliphatic heterocycles. The van der Waals surface area contributed by atoms with Gasteiger partial charge in [-0.25, -0.2) is 9.97 Å². The lowest BCUT2D eigenvalue weighted by molar-refractivity contribution is -0.137. The van der Waals surface area contributed by atoms with Crippen LogP contribution in [-0.4, -0.2) is 29.0 Å². The predicted molar refractivity (Wildman–Crippen MR) is 95.5 cm³/mol. The van der Waals surface area contributed by atoms with Gasteiger partial charge in [-0.05, 0) is 23.6 Å². The first kappa shape index (κ1) is 18.3. The van der Waals surface area contributed by atoms with E-state index in [4.69, 9.17) is 0 Å². The Morgan fingerprint density at radius 2 is 1.96 bits per heavy atom. The van der Waals surface area contributed by atoms with E-state index in [1.54, 1.807) is 11.3 Å². The SMILES string of the molecule is O=C(NCCNc1ccc(C(F)(F)F)cn1)c1cnc(-c2cccs2)s1. The van der Waals surface area contributed by atoms with Crippen LogP contribution in [0.4, 0.5) is 19.0 Å². The van der Waals surface area contributed by atoms with Crippen LogP contribution in [0.15, 0.2) is 42.0 Å². The van der Waals surface area contributed by atoms with Gasteiger partial charge in [0.15, 0.2) is 0 Å². The fourth-order valence-electron chi connectivity index (χ4n) is 2.01. The standard InChI is InChI=1S/C16H13F3N4OS2/c17-16(18,19)10-3-4-13(22-8-10)20-5-6-21-14(24)12-9-23-15(26-12)11-2-1-7-25-11/h1-4,7-9H,5-6H2,(H,20,22)(H,21,24). The van der Waals surface area contributed by atoms with Crippen molar-refractivity contribution in [3.63, 3.8) is 0 Å². The first-order valence-corrected chi connectivity index (χ1v) is 9.18. The second-order valence-electron chi connectivity index (χ2n) is 5.12. The van der Waals surface area contributed by atoms with Gasteiger partial charge in [0.25, 0.3) is 5.91 Å². The van der Waals surface area contributed by atoms with Crippen LogP contribution in [0.2, 0.25) is 0 Å². The number of amides is 1. The van der Waals surface area contributed by atoms with Gasteiger partial charge in [-0.2, -0.15) is 13.2 Å². The van der Waals surface area contributed by atoms with Crippen LogP contribution in [0.3, 0.4) is 0 Å². The molecule has 5 nitrogen and oxygen atoms in total. The van der Waals surface area contributed by atoms with E-state index >= 15 is 0 Å². The quantitative estimate of drug-likeness (QED) is 0.613. The third-order valence-electron chi connectivity index (χ3n) is 3.27. The molecule has 3 aromatic heterocycles. The third kappa shape index (κ3) is 4.58. The number of rotatable bonds is 6. The van der Waals surface area contributed by atoms with Crippen LogP contribution in [0, 0.1) is 0 Å². The van der Waals surface area contributed by atoms with Gasteiger partial charge < -0.3 is 10.6 Å². The highest BCUT2D eigenvalue weighted by atomic mass is 32.1. The molecule has 0 saturated carbocycles. The van der Waals surface area contributed by atoms with E-state index in [-0.39, 0.29) is 5.91 Å². The summed E-state index contributed by atoms with van der Waals surface area (Å²) < 4.78 is 37.4. The summed E-state index contributed by atoms with van der Waals surface area (Å²) in [5.74, 6) is 0.0671. The zero-order valence-corrected chi connectivity index (χ0v) is 14.8. The van der Waals surface area contributed by atoms with Crippen LogP contribution in [0.25, 0.3) is 9.88 Å². The number of thiazole rings is 1. The molecule has 1 amide bonds. The van der Waals surface area contributed by atoms with Gasteiger partial charge in [-0.3, -0.25) is 4.79 Å². The second-order valence-corrected chi connectivity index (χ2v) is 7.10. The zero-order valence-electron chi connectivity index (χ0n) is 13.2.